The number of hydrogen-bond donors (Lipinski definition) is 2. The number of rotatable bonds is 8. The van der Waals surface area contributed by atoms with Crippen LogP contribution in [0.2, 0.25) is 0 Å². The van der Waals surface area contributed by atoms with Crippen LogP contribution in [0.3, 0.4) is 0 Å². The van der Waals surface area contributed by atoms with Gasteiger partial charge in [-0.2, -0.15) is 0 Å². The van der Waals surface area contributed by atoms with Crippen molar-refractivity contribution in [2.45, 2.75) is 40.0 Å². The highest BCUT2D eigenvalue weighted by Gasteiger charge is 2.20. The van der Waals surface area contributed by atoms with Crippen LogP contribution in [-0.2, 0) is 6.42 Å². The molecule has 5 heteroatoms. The van der Waals surface area contributed by atoms with E-state index >= 15 is 0 Å². The van der Waals surface area contributed by atoms with Gasteiger partial charge in [0.05, 0.1) is 0 Å². The smallest absolute Gasteiger partial charge is 0.190 e. The lowest BCUT2D eigenvalue weighted by Gasteiger charge is -2.34. The standard InChI is InChI=1S/C20H36N4S/c1-16(2)14-24-9-5-7-18(15-24)13-23-20(21-4)22-12-17(3)11-19-8-6-10-25-19/h6,8,10,16-18H,5,7,9,11-15H2,1-4H3,(H2,21,22,23). The van der Waals surface area contributed by atoms with Gasteiger partial charge in [-0.05, 0) is 55.0 Å². The molecule has 2 heterocycles. The van der Waals surface area contributed by atoms with Crippen molar-refractivity contribution in [3.63, 3.8) is 0 Å². The largest absolute Gasteiger partial charge is 0.356 e. The number of guanidine groups is 1. The minimum absolute atomic E-state index is 0.605. The maximum absolute atomic E-state index is 4.39. The van der Waals surface area contributed by atoms with Gasteiger partial charge in [0.1, 0.15) is 0 Å². The van der Waals surface area contributed by atoms with Crippen molar-refractivity contribution in [2.75, 3.05) is 39.8 Å². The molecule has 1 aliphatic heterocycles. The summed E-state index contributed by atoms with van der Waals surface area (Å²) in [5, 5.41) is 9.19. The fraction of sp³-hybridized carbons (Fsp3) is 0.750. The third kappa shape index (κ3) is 7.78. The van der Waals surface area contributed by atoms with Crippen LogP contribution in [0.1, 0.15) is 38.5 Å². The van der Waals surface area contributed by atoms with Crippen molar-refractivity contribution in [1.82, 2.24) is 15.5 Å². The Bertz CT molecular complexity index is 498. The Labute approximate surface area is 158 Å². The SMILES string of the molecule is CN=C(NCC(C)Cc1cccs1)NCC1CCCN(CC(C)C)C1. The quantitative estimate of drug-likeness (QED) is 0.548. The van der Waals surface area contributed by atoms with Gasteiger partial charge in [0, 0.05) is 38.1 Å². The average Bonchev–Trinajstić information content (AvgIpc) is 3.07. The lowest BCUT2D eigenvalue weighted by molar-refractivity contribution is 0.159. The van der Waals surface area contributed by atoms with Gasteiger partial charge >= 0.3 is 0 Å². The van der Waals surface area contributed by atoms with E-state index < -0.39 is 0 Å². The van der Waals surface area contributed by atoms with Gasteiger partial charge in [0.25, 0.3) is 0 Å². The molecule has 142 valence electrons. The number of piperidine rings is 1. The molecule has 1 aromatic rings. The Morgan fingerprint density at radius 3 is 2.88 bits per heavy atom. The monoisotopic (exact) mass is 364 g/mol. The second-order valence-corrected chi connectivity index (χ2v) is 8.92. The molecule has 2 unspecified atom stereocenters. The van der Waals surface area contributed by atoms with E-state index in [1.165, 1.54) is 37.4 Å². The Morgan fingerprint density at radius 2 is 2.20 bits per heavy atom. The topological polar surface area (TPSA) is 39.7 Å². The van der Waals surface area contributed by atoms with Crippen molar-refractivity contribution in [3.8, 4) is 0 Å². The molecule has 0 amide bonds. The molecule has 1 fully saturated rings. The van der Waals surface area contributed by atoms with Crippen LogP contribution in [0.15, 0.2) is 22.5 Å². The lowest BCUT2D eigenvalue weighted by Crippen LogP contribution is -2.45. The number of aliphatic imine (C=N–C) groups is 1. The molecule has 4 nitrogen and oxygen atoms in total. The van der Waals surface area contributed by atoms with E-state index in [2.05, 4.69) is 58.8 Å². The van der Waals surface area contributed by atoms with Gasteiger partial charge in [0.15, 0.2) is 5.96 Å². The van der Waals surface area contributed by atoms with E-state index in [1.54, 1.807) is 0 Å². The van der Waals surface area contributed by atoms with Crippen LogP contribution in [-0.4, -0.2) is 50.6 Å². The summed E-state index contributed by atoms with van der Waals surface area (Å²) in [5.41, 5.74) is 0. The maximum atomic E-state index is 4.39. The number of nitrogens with zero attached hydrogens (tertiary/aromatic N) is 2. The van der Waals surface area contributed by atoms with Gasteiger partial charge in [-0.3, -0.25) is 4.99 Å². The van der Waals surface area contributed by atoms with Gasteiger partial charge in [-0.1, -0.05) is 26.8 Å². The highest BCUT2D eigenvalue weighted by atomic mass is 32.1. The Balaban J connectivity index is 1.67. The lowest BCUT2D eigenvalue weighted by atomic mass is 9.97. The molecule has 0 saturated carbocycles. The van der Waals surface area contributed by atoms with E-state index in [4.69, 9.17) is 0 Å². The molecular formula is C20H36N4S. The first-order chi connectivity index (χ1) is 12.1. The summed E-state index contributed by atoms with van der Waals surface area (Å²) in [7, 11) is 1.87. The highest BCUT2D eigenvalue weighted by molar-refractivity contribution is 7.09. The fourth-order valence-corrected chi connectivity index (χ4v) is 4.45. The number of nitrogens with one attached hydrogen (secondary N) is 2. The predicted octanol–water partition coefficient (Wildman–Crippen LogP) is 3.46. The van der Waals surface area contributed by atoms with E-state index in [0.717, 1.165) is 37.3 Å². The van der Waals surface area contributed by atoms with Crippen LogP contribution in [0.25, 0.3) is 0 Å². The first-order valence-electron chi connectivity index (χ1n) is 9.76. The van der Waals surface area contributed by atoms with Gasteiger partial charge in [0.2, 0.25) is 0 Å². The molecule has 2 N–H and O–H groups in total. The summed E-state index contributed by atoms with van der Waals surface area (Å²) in [6.07, 6.45) is 3.78. The molecular weight excluding hydrogens is 328 g/mol. The maximum Gasteiger partial charge on any atom is 0.190 e. The number of hydrogen-bond acceptors (Lipinski definition) is 3. The minimum Gasteiger partial charge on any atom is -0.356 e. The van der Waals surface area contributed by atoms with Crippen LogP contribution in [0, 0.1) is 17.8 Å². The predicted molar refractivity (Wildman–Crippen MR) is 111 cm³/mol. The summed E-state index contributed by atoms with van der Waals surface area (Å²) in [6, 6.07) is 4.35. The van der Waals surface area contributed by atoms with E-state index in [1.807, 2.05) is 18.4 Å². The Kier molecular flexibility index (Phi) is 8.76. The van der Waals surface area contributed by atoms with Gasteiger partial charge in [-0.15, -0.1) is 11.3 Å². The molecule has 0 bridgehead atoms. The summed E-state index contributed by atoms with van der Waals surface area (Å²) >= 11 is 1.85. The fourth-order valence-electron chi connectivity index (χ4n) is 3.58. The number of thiophene rings is 1. The molecule has 0 aromatic carbocycles. The number of likely N-dealkylation sites (tertiary alicyclic amines) is 1. The van der Waals surface area contributed by atoms with Crippen LogP contribution in [0.5, 0.6) is 0 Å². The van der Waals surface area contributed by atoms with Gasteiger partial charge < -0.3 is 15.5 Å². The first-order valence-corrected chi connectivity index (χ1v) is 10.6. The van der Waals surface area contributed by atoms with Crippen molar-refractivity contribution in [2.24, 2.45) is 22.7 Å². The van der Waals surface area contributed by atoms with Crippen LogP contribution >= 0.6 is 11.3 Å². The summed E-state index contributed by atoms with van der Waals surface area (Å²) < 4.78 is 0. The van der Waals surface area contributed by atoms with Crippen molar-refractivity contribution >= 4 is 17.3 Å². The van der Waals surface area contributed by atoms with Crippen molar-refractivity contribution < 1.29 is 0 Å². The second-order valence-electron chi connectivity index (χ2n) is 7.88. The van der Waals surface area contributed by atoms with Crippen molar-refractivity contribution in [1.29, 1.82) is 0 Å². The molecule has 0 aliphatic carbocycles. The Morgan fingerprint density at radius 1 is 1.36 bits per heavy atom. The molecule has 2 rings (SSSR count). The zero-order valence-electron chi connectivity index (χ0n) is 16.4. The van der Waals surface area contributed by atoms with Crippen LogP contribution in [0.4, 0.5) is 0 Å². The summed E-state index contributed by atoms with van der Waals surface area (Å²) in [6.45, 7) is 12.6. The second kappa shape index (κ2) is 10.8. The first kappa shape index (κ1) is 20.2. The molecule has 1 aromatic heterocycles. The highest BCUT2D eigenvalue weighted by Crippen LogP contribution is 2.17. The normalized spacial score (nSPS) is 20.7. The molecule has 2 atom stereocenters. The van der Waals surface area contributed by atoms with Gasteiger partial charge in [-0.25, -0.2) is 0 Å². The molecule has 1 saturated heterocycles. The molecule has 1 aliphatic rings. The Hall–Kier alpha value is -1.07. The molecule has 0 spiro atoms. The third-order valence-corrected chi connectivity index (χ3v) is 5.65. The van der Waals surface area contributed by atoms with Crippen LogP contribution < -0.4 is 10.6 Å². The molecule has 0 radical (unpaired) electrons. The molecule has 25 heavy (non-hydrogen) atoms. The zero-order chi connectivity index (χ0) is 18.1. The summed E-state index contributed by atoms with van der Waals surface area (Å²) in [5.74, 6) is 3.04. The summed E-state index contributed by atoms with van der Waals surface area (Å²) in [4.78, 5) is 8.48. The van der Waals surface area contributed by atoms with E-state index in [9.17, 15) is 0 Å². The minimum atomic E-state index is 0.605. The van der Waals surface area contributed by atoms with Crippen molar-refractivity contribution in [3.05, 3.63) is 22.4 Å². The third-order valence-electron chi connectivity index (χ3n) is 4.76. The zero-order valence-corrected chi connectivity index (χ0v) is 17.2. The van der Waals surface area contributed by atoms with E-state index in [-0.39, 0.29) is 0 Å². The van der Waals surface area contributed by atoms with E-state index in [0.29, 0.717) is 5.92 Å². The average molecular weight is 365 g/mol.